The first-order chi connectivity index (χ1) is 9.58. The SMILES string of the molecule is CCCC(CCC)C(O)c1cc(OC)c(OC)cc1Cl. The zero-order valence-corrected chi connectivity index (χ0v) is 13.5. The molecule has 0 spiro atoms. The molecule has 0 radical (unpaired) electrons. The van der Waals surface area contributed by atoms with Gasteiger partial charge in [-0.2, -0.15) is 0 Å². The lowest BCUT2D eigenvalue weighted by atomic mass is 9.88. The minimum absolute atomic E-state index is 0.223. The first kappa shape index (κ1) is 17.1. The highest BCUT2D eigenvalue weighted by Gasteiger charge is 2.23. The molecule has 1 aromatic carbocycles. The molecule has 0 saturated carbocycles. The number of halogens is 1. The highest BCUT2D eigenvalue weighted by Crippen LogP contribution is 2.39. The third kappa shape index (κ3) is 4.03. The fraction of sp³-hybridized carbons (Fsp3) is 0.625. The van der Waals surface area contributed by atoms with Crippen LogP contribution in [0.1, 0.15) is 51.2 Å². The smallest absolute Gasteiger partial charge is 0.162 e. The van der Waals surface area contributed by atoms with E-state index in [1.54, 1.807) is 26.4 Å². The number of aliphatic hydroxyl groups excluding tert-OH is 1. The molecule has 1 aromatic rings. The maximum Gasteiger partial charge on any atom is 0.162 e. The monoisotopic (exact) mass is 300 g/mol. The van der Waals surface area contributed by atoms with Crippen LogP contribution in [0.5, 0.6) is 11.5 Å². The molecule has 1 rings (SSSR count). The third-order valence-electron chi connectivity index (χ3n) is 3.59. The van der Waals surface area contributed by atoms with Gasteiger partial charge in [-0.15, -0.1) is 0 Å². The Morgan fingerprint density at radius 1 is 1.05 bits per heavy atom. The van der Waals surface area contributed by atoms with Crippen LogP contribution in [0.15, 0.2) is 12.1 Å². The molecule has 1 N–H and O–H groups in total. The molecule has 0 fully saturated rings. The zero-order chi connectivity index (χ0) is 15.1. The Hall–Kier alpha value is -0.930. The molecule has 4 heteroatoms. The Labute approximate surface area is 126 Å². The van der Waals surface area contributed by atoms with Gasteiger partial charge in [0.15, 0.2) is 11.5 Å². The van der Waals surface area contributed by atoms with Crippen molar-refractivity contribution in [3.8, 4) is 11.5 Å². The summed E-state index contributed by atoms with van der Waals surface area (Å²) in [5.74, 6) is 1.40. The number of aliphatic hydroxyl groups is 1. The predicted octanol–water partition coefficient (Wildman–Crippen LogP) is 4.61. The highest BCUT2D eigenvalue weighted by molar-refractivity contribution is 6.31. The summed E-state index contributed by atoms with van der Waals surface area (Å²) in [6, 6.07) is 3.48. The lowest BCUT2D eigenvalue weighted by Gasteiger charge is -2.24. The predicted molar refractivity (Wildman–Crippen MR) is 82.8 cm³/mol. The Morgan fingerprint density at radius 3 is 2.00 bits per heavy atom. The summed E-state index contributed by atoms with van der Waals surface area (Å²) in [6.45, 7) is 4.26. The van der Waals surface area contributed by atoms with Crippen molar-refractivity contribution in [3.63, 3.8) is 0 Å². The molecule has 20 heavy (non-hydrogen) atoms. The molecule has 0 saturated heterocycles. The maximum atomic E-state index is 10.6. The van der Waals surface area contributed by atoms with Crippen LogP contribution in [-0.4, -0.2) is 19.3 Å². The average Bonchev–Trinajstić information content (AvgIpc) is 2.46. The Kier molecular flexibility index (Phi) is 7.17. The van der Waals surface area contributed by atoms with E-state index in [0.29, 0.717) is 16.5 Å². The average molecular weight is 301 g/mol. The van der Waals surface area contributed by atoms with Gasteiger partial charge in [0.25, 0.3) is 0 Å². The summed E-state index contributed by atoms with van der Waals surface area (Å²) in [6.07, 6.45) is 3.50. The van der Waals surface area contributed by atoms with Crippen molar-refractivity contribution in [2.45, 2.75) is 45.6 Å². The van der Waals surface area contributed by atoms with Crippen molar-refractivity contribution < 1.29 is 14.6 Å². The maximum absolute atomic E-state index is 10.6. The van der Waals surface area contributed by atoms with Crippen molar-refractivity contribution >= 4 is 11.6 Å². The van der Waals surface area contributed by atoms with Crippen LogP contribution in [0.2, 0.25) is 5.02 Å². The first-order valence-electron chi connectivity index (χ1n) is 7.18. The summed E-state index contributed by atoms with van der Waals surface area (Å²) in [5.41, 5.74) is 0.719. The minimum Gasteiger partial charge on any atom is -0.493 e. The number of hydrogen-bond donors (Lipinski definition) is 1. The van der Waals surface area contributed by atoms with E-state index in [0.717, 1.165) is 31.2 Å². The van der Waals surface area contributed by atoms with Gasteiger partial charge in [-0.3, -0.25) is 0 Å². The molecule has 1 atom stereocenters. The summed E-state index contributed by atoms with van der Waals surface area (Å²) < 4.78 is 10.5. The number of methoxy groups -OCH3 is 2. The normalized spacial score (nSPS) is 12.6. The van der Waals surface area contributed by atoms with E-state index in [9.17, 15) is 5.11 Å². The molecule has 0 aliphatic carbocycles. The van der Waals surface area contributed by atoms with Gasteiger partial charge in [0, 0.05) is 11.6 Å². The van der Waals surface area contributed by atoms with Crippen LogP contribution in [0.3, 0.4) is 0 Å². The van der Waals surface area contributed by atoms with Crippen molar-refractivity contribution in [2.24, 2.45) is 5.92 Å². The second-order valence-corrected chi connectivity index (χ2v) is 5.42. The van der Waals surface area contributed by atoms with Gasteiger partial charge < -0.3 is 14.6 Å². The number of ether oxygens (including phenoxy) is 2. The lowest BCUT2D eigenvalue weighted by molar-refractivity contribution is 0.0962. The molecule has 3 nitrogen and oxygen atoms in total. The fourth-order valence-corrected chi connectivity index (χ4v) is 2.82. The van der Waals surface area contributed by atoms with Gasteiger partial charge in [-0.25, -0.2) is 0 Å². The summed E-state index contributed by atoms with van der Waals surface area (Å²) in [4.78, 5) is 0. The van der Waals surface area contributed by atoms with Gasteiger partial charge in [0.1, 0.15) is 0 Å². The van der Waals surface area contributed by atoms with Crippen LogP contribution in [0.25, 0.3) is 0 Å². The Bertz CT molecular complexity index is 414. The second-order valence-electron chi connectivity index (χ2n) is 5.01. The quantitative estimate of drug-likeness (QED) is 0.762. The van der Waals surface area contributed by atoms with Crippen LogP contribution in [0.4, 0.5) is 0 Å². The largest absolute Gasteiger partial charge is 0.493 e. The molecular weight excluding hydrogens is 276 g/mol. The molecule has 114 valence electrons. The zero-order valence-electron chi connectivity index (χ0n) is 12.8. The molecule has 0 amide bonds. The third-order valence-corrected chi connectivity index (χ3v) is 3.91. The Morgan fingerprint density at radius 2 is 1.55 bits per heavy atom. The minimum atomic E-state index is -0.567. The Balaban J connectivity index is 3.09. The van der Waals surface area contributed by atoms with Crippen LogP contribution >= 0.6 is 11.6 Å². The number of benzene rings is 1. The van der Waals surface area contributed by atoms with Gasteiger partial charge in [-0.05, 0) is 24.8 Å². The van der Waals surface area contributed by atoms with E-state index in [2.05, 4.69) is 13.8 Å². The molecule has 0 aromatic heterocycles. The molecule has 0 heterocycles. The van der Waals surface area contributed by atoms with E-state index in [1.165, 1.54) is 0 Å². The van der Waals surface area contributed by atoms with Gasteiger partial charge in [0.05, 0.1) is 25.3 Å². The van der Waals surface area contributed by atoms with E-state index < -0.39 is 6.10 Å². The van der Waals surface area contributed by atoms with Crippen molar-refractivity contribution in [3.05, 3.63) is 22.7 Å². The van der Waals surface area contributed by atoms with E-state index >= 15 is 0 Å². The van der Waals surface area contributed by atoms with Crippen molar-refractivity contribution in [1.82, 2.24) is 0 Å². The lowest BCUT2D eigenvalue weighted by Crippen LogP contribution is -2.13. The van der Waals surface area contributed by atoms with E-state index in [4.69, 9.17) is 21.1 Å². The van der Waals surface area contributed by atoms with Crippen LogP contribution < -0.4 is 9.47 Å². The first-order valence-corrected chi connectivity index (χ1v) is 7.56. The van der Waals surface area contributed by atoms with E-state index in [-0.39, 0.29) is 5.92 Å². The van der Waals surface area contributed by atoms with Gasteiger partial charge in [-0.1, -0.05) is 38.3 Å². The van der Waals surface area contributed by atoms with Crippen molar-refractivity contribution in [2.75, 3.05) is 14.2 Å². The summed E-state index contributed by atoms with van der Waals surface area (Å²) >= 11 is 6.28. The molecule has 0 aliphatic rings. The molecule has 0 bridgehead atoms. The van der Waals surface area contributed by atoms with Gasteiger partial charge in [0.2, 0.25) is 0 Å². The number of hydrogen-bond acceptors (Lipinski definition) is 3. The molecular formula is C16H25ClO3. The second kappa shape index (κ2) is 8.38. The topological polar surface area (TPSA) is 38.7 Å². The van der Waals surface area contributed by atoms with E-state index in [1.807, 2.05) is 0 Å². The van der Waals surface area contributed by atoms with Crippen LogP contribution in [0, 0.1) is 5.92 Å². The fourth-order valence-electron chi connectivity index (χ4n) is 2.55. The number of rotatable bonds is 8. The molecule has 1 unspecified atom stereocenters. The molecule has 0 aliphatic heterocycles. The standard InChI is InChI=1S/C16H25ClO3/c1-5-7-11(8-6-2)16(18)12-9-14(19-3)15(20-4)10-13(12)17/h9-11,16,18H,5-8H2,1-4H3. The summed E-state index contributed by atoms with van der Waals surface area (Å²) in [7, 11) is 3.15. The summed E-state index contributed by atoms with van der Waals surface area (Å²) in [5, 5.41) is 11.1. The van der Waals surface area contributed by atoms with Crippen molar-refractivity contribution in [1.29, 1.82) is 0 Å². The highest BCUT2D eigenvalue weighted by atomic mass is 35.5. The van der Waals surface area contributed by atoms with Crippen LogP contribution in [-0.2, 0) is 0 Å². The van der Waals surface area contributed by atoms with Gasteiger partial charge >= 0.3 is 0 Å².